The maximum absolute atomic E-state index is 12.1. The number of amides is 1. The standard InChI is InChI=1S/C13H11N3O4S/c1-20-10-7-14-5-4-9(10)12(19)16-13-15-6-8(21-13)2-3-11(17)18/h2-7H,1H3,(H,17,18)(H,15,16,19)/b3-2+. The van der Waals surface area contributed by atoms with Crippen molar-refractivity contribution in [2.75, 3.05) is 12.4 Å². The van der Waals surface area contributed by atoms with Gasteiger partial charge in [-0.3, -0.25) is 15.1 Å². The van der Waals surface area contributed by atoms with Crippen molar-refractivity contribution in [1.82, 2.24) is 9.97 Å². The minimum atomic E-state index is -1.05. The summed E-state index contributed by atoms with van der Waals surface area (Å²) in [6.45, 7) is 0. The number of carboxylic acid groups (broad SMARTS) is 1. The SMILES string of the molecule is COc1cnccc1C(=O)Nc1ncc(/C=C/C(=O)O)s1. The number of rotatable bonds is 5. The number of anilines is 1. The fraction of sp³-hybridized carbons (Fsp3) is 0.0769. The molecule has 0 saturated heterocycles. The monoisotopic (exact) mass is 305 g/mol. The van der Waals surface area contributed by atoms with Crippen molar-refractivity contribution >= 4 is 34.4 Å². The summed E-state index contributed by atoms with van der Waals surface area (Å²) in [6, 6.07) is 1.53. The zero-order valence-electron chi connectivity index (χ0n) is 10.9. The smallest absolute Gasteiger partial charge is 0.328 e. The Morgan fingerprint density at radius 3 is 2.95 bits per heavy atom. The molecule has 0 spiro atoms. The number of pyridine rings is 1. The van der Waals surface area contributed by atoms with Crippen molar-refractivity contribution in [1.29, 1.82) is 0 Å². The maximum Gasteiger partial charge on any atom is 0.328 e. The van der Waals surface area contributed by atoms with Crippen LogP contribution in [0, 0.1) is 0 Å². The highest BCUT2D eigenvalue weighted by Crippen LogP contribution is 2.22. The third-order valence-corrected chi connectivity index (χ3v) is 3.26. The van der Waals surface area contributed by atoms with Crippen molar-refractivity contribution < 1.29 is 19.4 Å². The lowest BCUT2D eigenvalue weighted by atomic mass is 10.2. The molecule has 2 aromatic rings. The molecule has 21 heavy (non-hydrogen) atoms. The van der Waals surface area contributed by atoms with Crippen LogP contribution in [0.15, 0.2) is 30.7 Å². The molecule has 0 aliphatic heterocycles. The lowest BCUT2D eigenvalue weighted by Gasteiger charge is -2.06. The van der Waals surface area contributed by atoms with Gasteiger partial charge in [0.1, 0.15) is 5.75 Å². The first-order valence-corrected chi connectivity index (χ1v) is 6.58. The number of carbonyl (C=O) groups excluding carboxylic acids is 1. The van der Waals surface area contributed by atoms with Gasteiger partial charge in [-0.1, -0.05) is 11.3 Å². The first-order valence-electron chi connectivity index (χ1n) is 5.76. The van der Waals surface area contributed by atoms with Crippen LogP contribution in [-0.2, 0) is 4.79 Å². The van der Waals surface area contributed by atoms with Crippen LogP contribution in [0.5, 0.6) is 5.75 Å². The Hall–Kier alpha value is -2.74. The summed E-state index contributed by atoms with van der Waals surface area (Å²) in [4.78, 5) is 31.0. The second-order valence-electron chi connectivity index (χ2n) is 3.77. The van der Waals surface area contributed by atoms with E-state index in [0.717, 1.165) is 17.4 Å². The van der Waals surface area contributed by atoms with Gasteiger partial charge in [-0.2, -0.15) is 0 Å². The van der Waals surface area contributed by atoms with E-state index >= 15 is 0 Å². The van der Waals surface area contributed by atoms with Crippen molar-refractivity contribution in [3.8, 4) is 5.75 Å². The summed E-state index contributed by atoms with van der Waals surface area (Å²) >= 11 is 1.16. The summed E-state index contributed by atoms with van der Waals surface area (Å²) < 4.78 is 5.06. The Bertz CT molecular complexity index is 696. The van der Waals surface area contributed by atoms with E-state index in [1.807, 2.05) is 0 Å². The summed E-state index contributed by atoms with van der Waals surface area (Å²) in [6.07, 6.45) is 6.81. The number of aromatic nitrogens is 2. The van der Waals surface area contributed by atoms with E-state index in [-0.39, 0.29) is 5.91 Å². The van der Waals surface area contributed by atoms with Gasteiger partial charge in [-0.25, -0.2) is 9.78 Å². The molecule has 7 nitrogen and oxygen atoms in total. The van der Waals surface area contributed by atoms with Gasteiger partial charge in [0.15, 0.2) is 5.13 Å². The molecule has 0 atom stereocenters. The number of thiazole rings is 1. The summed E-state index contributed by atoms with van der Waals surface area (Å²) in [7, 11) is 1.45. The number of ether oxygens (including phenoxy) is 1. The fourth-order valence-electron chi connectivity index (χ4n) is 1.47. The molecule has 0 fully saturated rings. The average molecular weight is 305 g/mol. The molecule has 0 radical (unpaired) electrons. The van der Waals surface area contributed by atoms with Gasteiger partial charge in [0.2, 0.25) is 0 Å². The van der Waals surface area contributed by atoms with Gasteiger partial charge >= 0.3 is 5.97 Å². The van der Waals surface area contributed by atoms with Crippen molar-refractivity contribution in [3.63, 3.8) is 0 Å². The molecule has 108 valence electrons. The number of aliphatic carboxylic acids is 1. The van der Waals surface area contributed by atoms with Crippen LogP contribution in [0.4, 0.5) is 5.13 Å². The molecule has 2 heterocycles. The first-order chi connectivity index (χ1) is 10.1. The largest absolute Gasteiger partial charge is 0.494 e. The second kappa shape index (κ2) is 6.62. The highest BCUT2D eigenvalue weighted by atomic mass is 32.1. The quantitative estimate of drug-likeness (QED) is 0.818. The van der Waals surface area contributed by atoms with Gasteiger partial charge in [-0.15, -0.1) is 0 Å². The zero-order chi connectivity index (χ0) is 15.2. The Morgan fingerprint density at radius 2 is 2.24 bits per heavy atom. The van der Waals surface area contributed by atoms with Crippen LogP contribution in [0.25, 0.3) is 6.08 Å². The molecule has 0 saturated carbocycles. The van der Waals surface area contributed by atoms with E-state index < -0.39 is 5.97 Å². The lowest BCUT2D eigenvalue weighted by molar-refractivity contribution is -0.131. The molecular formula is C13H11N3O4S. The highest BCUT2D eigenvalue weighted by molar-refractivity contribution is 7.16. The Kier molecular flexibility index (Phi) is 4.62. The van der Waals surface area contributed by atoms with Crippen LogP contribution in [-0.4, -0.2) is 34.1 Å². The Balaban J connectivity index is 2.11. The normalized spacial score (nSPS) is 10.5. The number of nitrogens with one attached hydrogen (secondary N) is 1. The number of methoxy groups -OCH3 is 1. The second-order valence-corrected chi connectivity index (χ2v) is 4.83. The summed E-state index contributed by atoms with van der Waals surface area (Å²) in [5.74, 6) is -1.06. The number of nitrogens with zero attached hydrogens (tertiary/aromatic N) is 2. The van der Waals surface area contributed by atoms with Crippen molar-refractivity contribution in [3.05, 3.63) is 41.2 Å². The summed E-state index contributed by atoms with van der Waals surface area (Å²) in [5, 5.41) is 11.5. The van der Waals surface area contributed by atoms with E-state index in [9.17, 15) is 9.59 Å². The predicted octanol–water partition coefficient (Wildman–Crippen LogP) is 1.90. The summed E-state index contributed by atoms with van der Waals surface area (Å²) in [5.41, 5.74) is 0.338. The number of carbonyl (C=O) groups is 2. The van der Waals surface area contributed by atoms with Crippen molar-refractivity contribution in [2.24, 2.45) is 0 Å². The van der Waals surface area contributed by atoms with E-state index in [1.54, 1.807) is 0 Å². The van der Waals surface area contributed by atoms with E-state index in [2.05, 4.69) is 15.3 Å². The molecule has 0 aromatic carbocycles. The van der Waals surface area contributed by atoms with Crippen LogP contribution in [0.2, 0.25) is 0 Å². The first kappa shape index (κ1) is 14.7. The minimum absolute atomic E-state index is 0.338. The lowest BCUT2D eigenvalue weighted by Crippen LogP contribution is -2.13. The molecule has 0 aliphatic rings. The van der Waals surface area contributed by atoms with Gasteiger partial charge in [0.05, 0.1) is 18.9 Å². The third-order valence-electron chi connectivity index (χ3n) is 2.38. The Labute approximate surface area is 123 Å². The van der Waals surface area contributed by atoms with Crippen LogP contribution >= 0.6 is 11.3 Å². The fourth-order valence-corrected chi connectivity index (χ4v) is 2.18. The van der Waals surface area contributed by atoms with Crippen molar-refractivity contribution in [2.45, 2.75) is 0 Å². The molecule has 2 N–H and O–H groups in total. The predicted molar refractivity (Wildman–Crippen MR) is 77.5 cm³/mol. The van der Waals surface area contributed by atoms with Gasteiger partial charge in [-0.05, 0) is 12.1 Å². The molecule has 1 amide bonds. The van der Waals surface area contributed by atoms with E-state index in [1.165, 1.54) is 37.8 Å². The van der Waals surface area contributed by atoms with E-state index in [4.69, 9.17) is 9.84 Å². The number of carboxylic acids is 1. The molecular weight excluding hydrogens is 294 g/mol. The highest BCUT2D eigenvalue weighted by Gasteiger charge is 2.13. The van der Waals surface area contributed by atoms with Gasteiger partial charge in [0.25, 0.3) is 5.91 Å². The topological polar surface area (TPSA) is 101 Å². The average Bonchev–Trinajstić information content (AvgIpc) is 2.92. The molecule has 0 aliphatic carbocycles. The van der Waals surface area contributed by atoms with Gasteiger partial charge in [0, 0.05) is 23.3 Å². The minimum Gasteiger partial charge on any atom is -0.494 e. The molecule has 0 unspecified atom stereocenters. The van der Waals surface area contributed by atoms with Gasteiger partial charge < -0.3 is 9.84 Å². The number of hydrogen-bond donors (Lipinski definition) is 2. The molecule has 2 aromatic heterocycles. The Morgan fingerprint density at radius 1 is 1.43 bits per heavy atom. The molecule has 0 bridgehead atoms. The van der Waals surface area contributed by atoms with E-state index in [0.29, 0.717) is 21.3 Å². The third kappa shape index (κ3) is 3.86. The van der Waals surface area contributed by atoms with Crippen LogP contribution in [0.3, 0.4) is 0 Å². The number of hydrogen-bond acceptors (Lipinski definition) is 6. The van der Waals surface area contributed by atoms with Crippen LogP contribution in [0.1, 0.15) is 15.2 Å². The van der Waals surface area contributed by atoms with Crippen LogP contribution < -0.4 is 10.1 Å². The molecule has 2 rings (SSSR count). The maximum atomic E-state index is 12.1. The zero-order valence-corrected chi connectivity index (χ0v) is 11.8. The molecule has 8 heteroatoms.